The summed E-state index contributed by atoms with van der Waals surface area (Å²) >= 11 is 0. The quantitative estimate of drug-likeness (QED) is 0.455. The summed E-state index contributed by atoms with van der Waals surface area (Å²) in [5.41, 5.74) is 0. The maximum Gasteiger partial charge on any atom is 0.573 e. The van der Waals surface area contributed by atoms with Gasteiger partial charge in [-0.05, 0) is 48.9 Å². The van der Waals surface area contributed by atoms with Crippen molar-refractivity contribution in [2.24, 2.45) is 11.8 Å². The number of halogens is 3. The zero-order chi connectivity index (χ0) is 18.1. The van der Waals surface area contributed by atoms with E-state index in [-0.39, 0.29) is 5.75 Å². The van der Waals surface area contributed by atoms with E-state index >= 15 is 0 Å². The number of hydrogen-bond acceptors (Lipinski definition) is 2. The molecule has 2 nitrogen and oxygen atoms in total. The molecule has 1 saturated carbocycles. The molecule has 0 atom stereocenters. The van der Waals surface area contributed by atoms with Gasteiger partial charge in [0.2, 0.25) is 0 Å². The van der Waals surface area contributed by atoms with Gasteiger partial charge in [0.1, 0.15) is 11.5 Å². The van der Waals surface area contributed by atoms with E-state index in [0.29, 0.717) is 18.3 Å². The summed E-state index contributed by atoms with van der Waals surface area (Å²) in [5, 5.41) is 0. The van der Waals surface area contributed by atoms with Gasteiger partial charge in [0.25, 0.3) is 0 Å². The van der Waals surface area contributed by atoms with Gasteiger partial charge in [-0.25, -0.2) is 0 Å². The summed E-state index contributed by atoms with van der Waals surface area (Å²) in [4.78, 5) is 0. The molecule has 0 spiro atoms. The van der Waals surface area contributed by atoms with Crippen LogP contribution in [0.25, 0.3) is 0 Å². The lowest BCUT2D eigenvalue weighted by Gasteiger charge is -2.28. The fourth-order valence-corrected chi connectivity index (χ4v) is 3.50. The van der Waals surface area contributed by atoms with Crippen molar-refractivity contribution in [1.82, 2.24) is 0 Å². The summed E-state index contributed by atoms with van der Waals surface area (Å²) in [6.45, 7) is 2.88. The summed E-state index contributed by atoms with van der Waals surface area (Å²) in [6, 6.07) is 5.63. The van der Waals surface area contributed by atoms with Crippen molar-refractivity contribution in [3.8, 4) is 11.5 Å². The molecule has 0 aliphatic heterocycles. The van der Waals surface area contributed by atoms with E-state index in [4.69, 9.17) is 4.74 Å². The molecule has 1 aliphatic carbocycles. The molecule has 1 aliphatic rings. The average molecular weight is 358 g/mol. The highest BCUT2D eigenvalue weighted by molar-refractivity contribution is 5.31. The number of benzene rings is 1. The molecule has 0 bridgehead atoms. The van der Waals surface area contributed by atoms with E-state index in [0.717, 1.165) is 5.92 Å². The Hall–Kier alpha value is -1.39. The monoisotopic (exact) mass is 358 g/mol. The topological polar surface area (TPSA) is 18.5 Å². The largest absolute Gasteiger partial charge is 0.573 e. The van der Waals surface area contributed by atoms with E-state index in [2.05, 4.69) is 11.7 Å². The molecule has 1 aromatic rings. The SMILES string of the molecule is CCCCCCC1CCC(COc2ccc(OC(F)(F)F)cc2)CC1. The molecule has 0 aromatic heterocycles. The number of hydrogen-bond donors (Lipinski definition) is 0. The van der Waals surface area contributed by atoms with Crippen LogP contribution in [0.2, 0.25) is 0 Å². The van der Waals surface area contributed by atoms with Crippen molar-refractivity contribution in [2.75, 3.05) is 6.61 Å². The minimum Gasteiger partial charge on any atom is -0.493 e. The first-order chi connectivity index (χ1) is 12.0. The van der Waals surface area contributed by atoms with Crippen LogP contribution in [-0.4, -0.2) is 13.0 Å². The molecule has 142 valence electrons. The predicted octanol–water partition coefficient (Wildman–Crippen LogP) is 6.74. The van der Waals surface area contributed by atoms with E-state index < -0.39 is 6.36 Å². The van der Waals surface area contributed by atoms with Crippen LogP contribution in [0.1, 0.15) is 64.7 Å². The summed E-state index contributed by atoms with van der Waals surface area (Å²) in [6.07, 6.45) is 6.97. The van der Waals surface area contributed by atoms with Crippen molar-refractivity contribution in [3.63, 3.8) is 0 Å². The van der Waals surface area contributed by atoms with Crippen LogP contribution in [0.3, 0.4) is 0 Å². The second-order valence-corrected chi connectivity index (χ2v) is 7.07. The van der Waals surface area contributed by atoms with Gasteiger partial charge >= 0.3 is 6.36 Å². The van der Waals surface area contributed by atoms with Crippen molar-refractivity contribution < 1.29 is 22.6 Å². The van der Waals surface area contributed by atoms with E-state index in [9.17, 15) is 13.2 Å². The second-order valence-electron chi connectivity index (χ2n) is 7.07. The number of rotatable bonds is 9. The van der Waals surface area contributed by atoms with E-state index in [1.807, 2.05) is 0 Å². The van der Waals surface area contributed by atoms with Gasteiger partial charge in [0.15, 0.2) is 0 Å². The number of ether oxygens (including phenoxy) is 2. The molecule has 1 aromatic carbocycles. The third kappa shape index (κ3) is 8.02. The summed E-state index contributed by atoms with van der Waals surface area (Å²) < 4.78 is 46.0. The maximum atomic E-state index is 12.1. The highest BCUT2D eigenvalue weighted by Crippen LogP contribution is 2.33. The van der Waals surface area contributed by atoms with Crippen LogP contribution in [0.15, 0.2) is 24.3 Å². The third-order valence-corrected chi connectivity index (χ3v) is 4.98. The first kappa shape index (κ1) is 19.9. The Bertz CT molecular complexity index is 477. The molecule has 0 N–H and O–H groups in total. The molecule has 0 amide bonds. The number of alkyl halides is 3. The standard InChI is InChI=1S/C20H29F3O2/c1-2-3-4-5-6-16-7-9-17(10-8-16)15-24-18-11-13-19(14-12-18)25-20(21,22)23/h11-14,16-17H,2-10,15H2,1H3. The molecule has 0 saturated heterocycles. The lowest BCUT2D eigenvalue weighted by molar-refractivity contribution is -0.274. The zero-order valence-corrected chi connectivity index (χ0v) is 15.0. The zero-order valence-electron chi connectivity index (χ0n) is 15.0. The third-order valence-electron chi connectivity index (χ3n) is 4.98. The van der Waals surface area contributed by atoms with Gasteiger partial charge in [-0.2, -0.15) is 0 Å². The van der Waals surface area contributed by atoms with Crippen molar-refractivity contribution in [3.05, 3.63) is 24.3 Å². The molecular weight excluding hydrogens is 329 g/mol. The highest BCUT2D eigenvalue weighted by Gasteiger charge is 2.31. The van der Waals surface area contributed by atoms with Gasteiger partial charge < -0.3 is 9.47 Å². The fraction of sp³-hybridized carbons (Fsp3) is 0.700. The molecule has 0 radical (unpaired) electrons. The smallest absolute Gasteiger partial charge is 0.493 e. The molecular formula is C20H29F3O2. The van der Waals surface area contributed by atoms with E-state index in [1.165, 1.54) is 82.1 Å². The molecule has 1 fully saturated rings. The Morgan fingerprint density at radius 2 is 1.48 bits per heavy atom. The average Bonchev–Trinajstić information content (AvgIpc) is 2.58. The van der Waals surface area contributed by atoms with Crippen LogP contribution in [-0.2, 0) is 0 Å². The van der Waals surface area contributed by atoms with Crippen molar-refractivity contribution in [2.45, 2.75) is 71.1 Å². The Morgan fingerprint density at radius 3 is 2.08 bits per heavy atom. The lowest BCUT2D eigenvalue weighted by Crippen LogP contribution is -2.20. The molecule has 25 heavy (non-hydrogen) atoms. The molecule has 5 heteroatoms. The van der Waals surface area contributed by atoms with Crippen LogP contribution in [0.4, 0.5) is 13.2 Å². The van der Waals surface area contributed by atoms with Gasteiger partial charge in [-0.15, -0.1) is 13.2 Å². The maximum absolute atomic E-state index is 12.1. The Morgan fingerprint density at radius 1 is 0.880 bits per heavy atom. The molecule has 0 heterocycles. The molecule has 0 unspecified atom stereocenters. The first-order valence-electron chi connectivity index (χ1n) is 9.45. The minimum absolute atomic E-state index is 0.219. The fourth-order valence-electron chi connectivity index (χ4n) is 3.50. The Kier molecular flexibility index (Phi) is 7.91. The highest BCUT2D eigenvalue weighted by atomic mass is 19.4. The molecule has 2 rings (SSSR count). The number of unbranched alkanes of at least 4 members (excludes halogenated alkanes) is 3. The van der Waals surface area contributed by atoms with Gasteiger partial charge in [-0.3, -0.25) is 0 Å². The summed E-state index contributed by atoms with van der Waals surface area (Å²) in [7, 11) is 0. The van der Waals surface area contributed by atoms with Crippen LogP contribution < -0.4 is 9.47 Å². The predicted molar refractivity (Wildman–Crippen MR) is 92.8 cm³/mol. The van der Waals surface area contributed by atoms with Gasteiger partial charge in [-0.1, -0.05) is 51.9 Å². The second kappa shape index (κ2) is 9.93. The Labute approximate surface area is 148 Å². The summed E-state index contributed by atoms with van der Waals surface area (Å²) in [5.74, 6) is 1.80. The van der Waals surface area contributed by atoms with Crippen LogP contribution in [0, 0.1) is 11.8 Å². The van der Waals surface area contributed by atoms with Gasteiger partial charge in [0, 0.05) is 0 Å². The normalized spacial score (nSPS) is 21.1. The first-order valence-corrected chi connectivity index (χ1v) is 9.45. The Balaban J connectivity index is 1.64. The van der Waals surface area contributed by atoms with Crippen LogP contribution >= 0.6 is 0 Å². The van der Waals surface area contributed by atoms with Crippen LogP contribution in [0.5, 0.6) is 11.5 Å². The van der Waals surface area contributed by atoms with E-state index in [1.54, 1.807) is 0 Å². The lowest BCUT2D eigenvalue weighted by atomic mass is 9.80. The van der Waals surface area contributed by atoms with Crippen molar-refractivity contribution >= 4 is 0 Å². The van der Waals surface area contributed by atoms with Gasteiger partial charge in [0.05, 0.1) is 6.61 Å². The van der Waals surface area contributed by atoms with Crippen molar-refractivity contribution in [1.29, 1.82) is 0 Å². The minimum atomic E-state index is -4.66.